The Labute approximate surface area is 114 Å². The number of aromatic nitrogens is 1. The van der Waals surface area contributed by atoms with E-state index in [2.05, 4.69) is 0 Å². The number of methoxy groups -OCH3 is 1. The molecule has 0 atom stereocenters. The molecule has 19 heavy (non-hydrogen) atoms. The summed E-state index contributed by atoms with van der Waals surface area (Å²) in [5.74, 6) is -0.756. The minimum atomic E-state index is -0.525. The molecule has 0 aliphatic carbocycles. The minimum absolute atomic E-state index is 0.210. The zero-order valence-corrected chi connectivity index (χ0v) is 11.2. The lowest BCUT2D eigenvalue weighted by Crippen LogP contribution is -2.08. The van der Waals surface area contributed by atoms with E-state index >= 15 is 0 Å². The highest BCUT2D eigenvalue weighted by Gasteiger charge is 2.15. The normalized spacial score (nSPS) is 10.5. The van der Waals surface area contributed by atoms with Crippen LogP contribution < -0.4 is 4.74 Å². The van der Waals surface area contributed by atoms with Gasteiger partial charge in [0.05, 0.1) is 18.2 Å². The number of nitrogens with zero attached hydrogens (tertiary/aromatic N) is 1. The summed E-state index contributed by atoms with van der Waals surface area (Å²) in [4.78, 5) is 22.7. The smallest absolute Gasteiger partial charge is 0.340 e. The summed E-state index contributed by atoms with van der Waals surface area (Å²) in [5.41, 5.74) is 1.23. The minimum Gasteiger partial charge on any atom is -0.465 e. The average Bonchev–Trinajstić information content (AvgIpc) is 2.75. The van der Waals surface area contributed by atoms with Crippen molar-refractivity contribution in [2.24, 2.45) is 7.05 Å². The number of hydrogen-bond acceptors (Lipinski definition) is 4. The molecule has 1 heterocycles. The molecule has 0 saturated heterocycles. The van der Waals surface area contributed by atoms with Crippen LogP contribution in [-0.2, 0) is 16.6 Å². The second kappa shape index (κ2) is 5.32. The van der Waals surface area contributed by atoms with Crippen molar-refractivity contribution in [1.82, 2.24) is 4.57 Å². The number of halogens is 1. The number of hydrogen-bond donors (Lipinski definition) is 0. The van der Waals surface area contributed by atoms with Crippen molar-refractivity contribution in [3.05, 3.63) is 30.0 Å². The molecule has 0 unspecified atom stereocenters. The van der Waals surface area contributed by atoms with Gasteiger partial charge >= 0.3 is 11.9 Å². The number of ether oxygens (including phenoxy) is 2. The van der Waals surface area contributed by atoms with Crippen LogP contribution in [0.3, 0.4) is 0 Å². The Morgan fingerprint density at radius 3 is 2.74 bits per heavy atom. The van der Waals surface area contributed by atoms with E-state index < -0.39 is 11.9 Å². The van der Waals surface area contributed by atoms with E-state index in [1.54, 1.807) is 36.0 Å². The fraction of sp³-hybridized carbons (Fsp3) is 0.231. The van der Waals surface area contributed by atoms with Gasteiger partial charge in [-0.2, -0.15) is 0 Å². The third kappa shape index (κ3) is 2.56. The molecular weight excluding hydrogens is 270 g/mol. The third-order valence-corrected chi connectivity index (χ3v) is 2.93. The summed E-state index contributed by atoms with van der Waals surface area (Å²) in [5, 5.41) is 0.736. The zero-order chi connectivity index (χ0) is 14.0. The van der Waals surface area contributed by atoms with E-state index in [1.807, 2.05) is 0 Å². The van der Waals surface area contributed by atoms with Gasteiger partial charge in [-0.3, -0.25) is 4.79 Å². The Kier molecular flexibility index (Phi) is 3.76. The number of esters is 2. The van der Waals surface area contributed by atoms with Crippen molar-refractivity contribution in [3.8, 4) is 5.75 Å². The van der Waals surface area contributed by atoms with Crippen LogP contribution in [0.25, 0.3) is 10.9 Å². The van der Waals surface area contributed by atoms with E-state index in [0.717, 1.165) is 10.9 Å². The third-order valence-electron chi connectivity index (χ3n) is 2.71. The Morgan fingerprint density at radius 1 is 1.37 bits per heavy atom. The van der Waals surface area contributed by atoms with Crippen LogP contribution in [-0.4, -0.2) is 29.5 Å². The van der Waals surface area contributed by atoms with Gasteiger partial charge in [0, 0.05) is 24.7 Å². The van der Waals surface area contributed by atoms with Gasteiger partial charge in [-0.05, 0) is 12.1 Å². The van der Waals surface area contributed by atoms with E-state index in [9.17, 15) is 9.59 Å². The summed E-state index contributed by atoms with van der Waals surface area (Å²) in [6.45, 7) is 0. The SMILES string of the molecule is COC(=O)c1cn(C)c2cc(OC(=O)CCl)ccc12. The van der Waals surface area contributed by atoms with E-state index in [-0.39, 0.29) is 5.88 Å². The topological polar surface area (TPSA) is 57.5 Å². The van der Waals surface area contributed by atoms with Crippen LogP contribution in [0, 0.1) is 0 Å². The van der Waals surface area contributed by atoms with Crippen molar-refractivity contribution >= 4 is 34.4 Å². The molecule has 0 fully saturated rings. The van der Waals surface area contributed by atoms with E-state index in [4.69, 9.17) is 21.1 Å². The quantitative estimate of drug-likeness (QED) is 0.491. The van der Waals surface area contributed by atoms with Gasteiger partial charge in [-0.15, -0.1) is 11.6 Å². The fourth-order valence-corrected chi connectivity index (χ4v) is 1.91. The van der Waals surface area contributed by atoms with Crippen LogP contribution in [0.5, 0.6) is 5.75 Å². The lowest BCUT2D eigenvalue weighted by molar-refractivity contribution is -0.131. The first-order valence-electron chi connectivity index (χ1n) is 5.51. The molecule has 1 aromatic heterocycles. The lowest BCUT2D eigenvalue weighted by Gasteiger charge is -2.03. The van der Waals surface area contributed by atoms with Crippen LogP contribution in [0.1, 0.15) is 10.4 Å². The van der Waals surface area contributed by atoms with Crippen LogP contribution >= 0.6 is 11.6 Å². The number of alkyl halides is 1. The summed E-state index contributed by atoms with van der Waals surface area (Å²) in [7, 11) is 3.12. The highest BCUT2D eigenvalue weighted by molar-refractivity contribution is 6.26. The Hall–Kier alpha value is -2.01. The maximum absolute atomic E-state index is 11.6. The molecule has 100 valence electrons. The predicted molar refractivity (Wildman–Crippen MR) is 70.6 cm³/mol. The number of carbonyl (C=O) groups is 2. The Bertz CT molecular complexity index is 647. The predicted octanol–water partition coefficient (Wildman–Crippen LogP) is 2.11. The Morgan fingerprint density at radius 2 is 2.11 bits per heavy atom. The molecule has 0 N–H and O–H groups in total. The average molecular weight is 282 g/mol. The molecular formula is C13H12ClNO4. The largest absolute Gasteiger partial charge is 0.465 e. The van der Waals surface area contributed by atoms with Gasteiger partial charge < -0.3 is 14.0 Å². The van der Waals surface area contributed by atoms with Crippen LogP contribution in [0.4, 0.5) is 0 Å². The molecule has 0 radical (unpaired) electrons. The first-order chi connectivity index (χ1) is 9.06. The van der Waals surface area contributed by atoms with Crippen LogP contribution in [0.2, 0.25) is 0 Å². The molecule has 1 aromatic carbocycles. The molecule has 0 aliphatic rings. The summed E-state index contributed by atoms with van der Waals surface area (Å²) < 4.78 is 11.5. The number of fused-ring (bicyclic) bond motifs is 1. The number of carbonyl (C=O) groups excluding carboxylic acids is 2. The standard InChI is InChI=1S/C13H12ClNO4/c1-15-7-10(13(17)18-2)9-4-3-8(5-11(9)15)19-12(16)6-14/h3-5,7H,6H2,1-2H3. The second-order valence-electron chi connectivity index (χ2n) is 3.93. The summed E-state index contributed by atoms with van der Waals surface area (Å²) in [6, 6.07) is 4.99. The van der Waals surface area contributed by atoms with Gasteiger partial charge in [0.15, 0.2) is 0 Å². The molecule has 0 spiro atoms. The van der Waals surface area contributed by atoms with Crippen molar-refractivity contribution < 1.29 is 19.1 Å². The Balaban J connectivity index is 2.47. The summed E-state index contributed by atoms with van der Waals surface area (Å²) >= 11 is 5.37. The van der Waals surface area contributed by atoms with Gasteiger partial charge in [0.25, 0.3) is 0 Å². The molecule has 0 bridgehead atoms. The molecule has 6 heteroatoms. The highest BCUT2D eigenvalue weighted by Crippen LogP contribution is 2.25. The van der Waals surface area contributed by atoms with Gasteiger partial charge in [0.1, 0.15) is 11.6 Å². The molecule has 0 saturated carbocycles. The van der Waals surface area contributed by atoms with Crippen molar-refractivity contribution in [2.75, 3.05) is 13.0 Å². The zero-order valence-electron chi connectivity index (χ0n) is 10.5. The monoisotopic (exact) mass is 281 g/mol. The van der Waals surface area contributed by atoms with Gasteiger partial charge in [0.2, 0.25) is 0 Å². The summed E-state index contributed by atoms with van der Waals surface area (Å²) in [6.07, 6.45) is 1.67. The van der Waals surface area contributed by atoms with Crippen molar-refractivity contribution in [1.29, 1.82) is 0 Å². The molecule has 0 aliphatic heterocycles. The first kappa shape index (κ1) is 13.4. The molecule has 5 nitrogen and oxygen atoms in total. The van der Waals surface area contributed by atoms with Crippen molar-refractivity contribution in [2.45, 2.75) is 0 Å². The van der Waals surface area contributed by atoms with E-state index in [0.29, 0.717) is 11.3 Å². The van der Waals surface area contributed by atoms with Crippen LogP contribution in [0.15, 0.2) is 24.4 Å². The highest BCUT2D eigenvalue weighted by atomic mass is 35.5. The number of aryl methyl sites for hydroxylation is 1. The second-order valence-corrected chi connectivity index (χ2v) is 4.20. The first-order valence-corrected chi connectivity index (χ1v) is 6.04. The fourth-order valence-electron chi connectivity index (χ4n) is 1.86. The maximum Gasteiger partial charge on any atom is 0.340 e. The number of rotatable bonds is 3. The number of benzene rings is 1. The molecule has 2 rings (SSSR count). The molecule has 0 amide bonds. The van der Waals surface area contributed by atoms with E-state index in [1.165, 1.54) is 7.11 Å². The lowest BCUT2D eigenvalue weighted by atomic mass is 10.2. The van der Waals surface area contributed by atoms with Crippen molar-refractivity contribution in [3.63, 3.8) is 0 Å². The molecule has 2 aromatic rings. The van der Waals surface area contributed by atoms with Gasteiger partial charge in [-0.25, -0.2) is 4.79 Å². The van der Waals surface area contributed by atoms with Gasteiger partial charge in [-0.1, -0.05) is 0 Å². The maximum atomic E-state index is 11.6.